The number of nitrogens with zero attached hydrogens (tertiary/aromatic N) is 3. The molecule has 6 heteroatoms. The molecule has 19 heavy (non-hydrogen) atoms. The summed E-state index contributed by atoms with van der Waals surface area (Å²) in [5.41, 5.74) is -0.617. The quantitative estimate of drug-likeness (QED) is 0.877. The summed E-state index contributed by atoms with van der Waals surface area (Å²) in [6, 6.07) is 3.94. The van der Waals surface area contributed by atoms with Gasteiger partial charge in [-0.2, -0.15) is 5.10 Å². The second-order valence-electron chi connectivity index (χ2n) is 4.86. The lowest BCUT2D eigenvalue weighted by Gasteiger charge is -2.18. The van der Waals surface area contributed by atoms with Crippen LogP contribution in [0.5, 0.6) is 0 Å². The van der Waals surface area contributed by atoms with Gasteiger partial charge in [0.2, 0.25) is 0 Å². The van der Waals surface area contributed by atoms with Gasteiger partial charge in [0.25, 0.3) is 0 Å². The molecule has 5 nitrogen and oxygen atoms in total. The van der Waals surface area contributed by atoms with Gasteiger partial charge in [0.15, 0.2) is 0 Å². The molecule has 0 saturated carbocycles. The summed E-state index contributed by atoms with van der Waals surface area (Å²) in [5, 5.41) is 23.6. The highest BCUT2D eigenvalue weighted by Crippen LogP contribution is 2.19. The fraction of sp³-hybridized carbons (Fsp3) is 0.385. The van der Waals surface area contributed by atoms with Crippen molar-refractivity contribution < 1.29 is 17.3 Å². The number of pyridine rings is 1. The molecule has 0 unspecified atom stereocenters. The molecule has 0 saturated heterocycles. The van der Waals surface area contributed by atoms with Crippen molar-refractivity contribution in [2.75, 3.05) is 0 Å². The van der Waals surface area contributed by atoms with Crippen LogP contribution in [0.2, 0.25) is 0 Å². The zero-order valence-electron chi connectivity index (χ0n) is 12.6. The molecule has 0 aliphatic rings. The van der Waals surface area contributed by atoms with E-state index in [1.54, 1.807) is 13.8 Å². The van der Waals surface area contributed by atoms with Gasteiger partial charge in [-0.1, -0.05) is 0 Å². The van der Waals surface area contributed by atoms with Crippen LogP contribution in [0.25, 0.3) is 11.4 Å². The number of aliphatic hydroxyl groups is 2. The summed E-state index contributed by atoms with van der Waals surface area (Å²) < 4.78 is 28.9. The van der Waals surface area contributed by atoms with Crippen LogP contribution in [0, 0.1) is 5.82 Å². The minimum absolute atomic E-state index is 0.0103. The van der Waals surface area contributed by atoms with E-state index in [1.165, 1.54) is 22.9 Å². The second kappa shape index (κ2) is 5.07. The minimum Gasteiger partial charge on any atom is -0.390 e. The molecule has 0 radical (unpaired) electrons. The van der Waals surface area contributed by atoms with Crippen LogP contribution < -0.4 is 0 Å². The average molecular weight is 267 g/mol. The van der Waals surface area contributed by atoms with Crippen LogP contribution >= 0.6 is 0 Å². The lowest BCUT2D eigenvalue weighted by molar-refractivity contribution is 0.0556. The molecular weight excluding hydrogens is 249 g/mol. The van der Waals surface area contributed by atoms with Crippen LogP contribution in [0.3, 0.4) is 0 Å². The van der Waals surface area contributed by atoms with Crippen LogP contribution in [0.4, 0.5) is 4.39 Å². The van der Waals surface area contributed by atoms with Gasteiger partial charge >= 0.3 is 0 Å². The van der Waals surface area contributed by atoms with E-state index in [2.05, 4.69) is 10.1 Å². The first-order valence-electron chi connectivity index (χ1n) is 6.71. The lowest BCUT2D eigenvalue weighted by Crippen LogP contribution is -2.27. The van der Waals surface area contributed by atoms with Crippen LogP contribution in [-0.4, -0.2) is 30.6 Å². The summed E-state index contributed by atoms with van der Waals surface area (Å²) >= 11 is 0. The van der Waals surface area contributed by atoms with E-state index < -0.39 is 18.0 Å². The van der Waals surface area contributed by atoms with Gasteiger partial charge in [0.1, 0.15) is 11.5 Å². The topological polar surface area (TPSA) is 71.2 Å². The predicted octanol–water partition coefficient (Wildman–Crippen LogP) is 1.35. The third-order valence-electron chi connectivity index (χ3n) is 2.42. The molecule has 0 fully saturated rings. The van der Waals surface area contributed by atoms with Crippen molar-refractivity contribution in [2.24, 2.45) is 0 Å². The molecule has 2 N–H and O–H groups in total. The van der Waals surface area contributed by atoms with E-state index in [0.717, 1.165) is 6.20 Å². The van der Waals surface area contributed by atoms with Crippen molar-refractivity contribution in [3.8, 4) is 11.4 Å². The van der Waals surface area contributed by atoms with Crippen molar-refractivity contribution in [1.82, 2.24) is 14.8 Å². The molecule has 102 valence electrons. The third kappa shape index (κ3) is 3.36. The molecule has 0 aromatic carbocycles. The Morgan fingerprint density at radius 1 is 1.42 bits per heavy atom. The maximum Gasteiger partial charge on any atom is 0.141 e. The number of aromatic nitrogens is 3. The second-order valence-corrected chi connectivity index (χ2v) is 4.86. The zero-order valence-corrected chi connectivity index (χ0v) is 10.6. The normalized spacial score (nSPS) is 14.2. The van der Waals surface area contributed by atoms with E-state index in [9.17, 15) is 14.6 Å². The van der Waals surface area contributed by atoms with Gasteiger partial charge < -0.3 is 10.2 Å². The van der Waals surface area contributed by atoms with Gasteiger partial charge in [-0.15, -0.1) is 0 Å². The van der Waals surface area contributed by atoms with Crippen LogP contribution in [0.15, 0.2) is 24.4 Å². The van der Waals surface area contributed by atoms with Crippen LogP contribution in [0.1, 0.15) is 22.3 Å². The van der Waals surface area contributed by atoms with E-state index >= 15 is 0 Å². The molecule has 2 aromatic rings. The predicted molar refractivity (Wildman–Crippen MR) is 67.6 cm³/mol. The van der Waals surface area contributed by atoms with Crippen LogP contribution in [-0.2, 0) is 13.1 Å². The number of halogens is 1. The lowest BCUT2D eigenvalue weighted by atomic mass is 10.1. The molecular formula is C13H16FN3O2. The Labute approximate surface area is 113 Å². The Morgan fingerprint density at radius 3 is 2.68 bits per heavy atom. The smallest absolute Gasteiger partial charge is 0.141 e. The Kier molecular flexibility index (Phi) is 2.95. The fourth-order valence-corrected chi connectivity index (χ4v) is 1.65. The molecule has 2 aromatic heterocycles. The van der Waals surface area contributed by atoms with Crippen molar-refractivity contribution in [1.29, 1.82) is 0 Å². The van der Waals surface area contributed by atoms with Gasteiger partial charge in [0, 0.05) is 0 Å². The van der Waals surface area contributed by atoms with Crippen molar-refractivity contribution in [3.05, 3.63) is 35.9 Å². The first kappa shape index (κ1) is 11.1. The first-order chi connectivity index (χ1) is 9.56. The minimum atomic E-state index is -2.61. The molecule has 0 spiro atoms. The van der Waals surface area contributed by atoms with E-state index in [1.807, 2.05) is 0 Å². The highest BCUT2D eigenvalue weighted by Gasteiger charge is 2.18. The molecule has 2 rings (SSSR count). The van der Waals surface area contributed by atoms with Crippen molar-refractivity contribution in [2.45, 2.75) is 32.6 Å². The van der Waals surface area contributed by atoms with Gasteiger partial charge in [-0.05, 0) is 32.0 Å². The molecule has 0 aliphatic heterocycles. The molecule has 0 bridgehead atoms. The maximum absolute atomic E-state index is 12.9. The standard InChI is InChI=1S/C13H16FN3O2/c1-13(2,19)8-17-10(7-18)5-12(16-17)11-4-3-9(14)6-15-11/h3-6,18-19H,7-8H2,1-2H3/i7D2. The number of hydrogen-bond acceptors (Lipinski definition) is 4. The van der Waals surface area contributed by atoms with E-state index in [0.29, 0.717) is 5.69 Å². The van der Waals surface area contributed by atoms with Crippen molar-refractivity contribution >= 4 is 0 Å². The summed E-state index contributed by atoms with van der Waals surface area (Å²) in [5.74, 6) is -0.493. The molecule has 0 atom stereocenters. The summed E-state index contributed by atoms with van der Waals surface area (Å²) in [6.45, 7) is 0.461. The van der Waals surface area contributed by atoms with Crippen molar-refractivity contribution in [3.63, 3.8) is 0 Å². The molecule has 2 heterocycles. The Hall–Kier alpha value is -1.79. The maximum atomic E-state index is 12.9. The van der Waals surface area contributed by atoms with E-state index in [4.69, 9.17) is 2.74 Å². The van der Waals surface area contributed by atoms with Gasteiger partial charge in [-0.3, -0.25) is 9.67 Å². The number of hydrogen-bond donors (Lipinski definition) is 2. The highest BCUT2D eigenvalue weighted by molar-refractivity contribution is 5.54. The number of rotatable bonds is 4. The van der Waals surface area contributed by atoms with E-state index in [-0.39, 0.29) is 17.9 Å². The Morgan fingerprint density at radius 2 is 2.16 bits per heavy atom. The summed E-state index contributed by atoms with van der Waals surface area (Å²) in [4.78, 5) is 3.86. The average Bonchev–Trinajstić information content (AvgIpc) is 2.71. The highest BCUT2D eigenvalue weighted by atomic mass is 19.1. The monoisotopic (exact) mass is 267 g/mol. The Balaban J connectivity index is 2.47. The molecule has 0 aliphatic carbocycles. The first-order valence-corrected chi connectivity index (χ1v) is 5.71. The summed E-state index contributed by atoms with van der Waals surface area (Å²) in [7, 11) is 0. The van der Waals surface area contributed by atoms with Gasteiger partial charge in [0.05, 0.1) is 39.0 Å². The zero-order chi connectivity index (χ0) is 15.8. The fourth-order valence-electron chi connectivity index (χ4n) is 1.65. The summed E-state index contributed by atoms with van der Waals surface area (Å²) in [6.07, 6.45) is 1.03. The largest absolute Gasteiger partial charge is 0.390 e. The SMILES string of the molecule is [2H]C([2H])(O)c1cc(-c2ccc(F)cn2)nn1CC(C)(C)O. The van der Waals surface area contributed by atoms with Gasteiger partial charge in [-0.25, -0.2) is 4.39 Å². The molecule has 0 amide bonds. The third-order valence-corrected chi connectivity index (χ3v) is 2.42. The Bertz CT molecular complexity index is 630.